The van der Waals surface area contributed by atoms with Gasteiger partial charge in [0.2, 0.25) is 23.6 Å². The van der Waals surface area contributed by atoms with Crippen LogP contribution in [0.25, 0.3) is 0 Å². The van der Waals surface area contributed by atoms with Crippen molar-refractivity contribution in [1.82, 2.24) is 10.2 Å². The molecule has 10 nitrogen and oxygen atoms in total. The number of methoxy groups -OCH3 is 2. The minimum Gasteiger partial charge on any atom is -0.493 e. The molecule has 11 heteroatoms. The first-order valence-corrected chi connectivity index (χ1v) is 11.8. The highest BCUT2D eigenvalue weighted by Gasteiger charge is 2.70. The molecule has 2 fully saturated rings. The molecule has 0 aromatic heterocycles. The van der Waals surface area contributed by atoms with E-state index in [9.17, 15) is 19.2 Å². The number of primary amides is 1. The number of hydrogen-bond donors (Lipinski definition) is 3. The highest BCUT2D eigenvalue weighted by Crippen LogP contribution is 2.53. The Bertz CT molecular complexity index is 1300. The molecule has 3 heterocycles. The van der Waals surface area contributed by atoms with E-state index in [1.54, 1.807) is 30.3 Å². The fourth-order valence-electron chi connectivity index (χ4n) is 5.72. The summed E-state index contributed by atoms with van der Waals surface area (Å²) in [6.07, 6.45) is 0.168. The molecule has 0 saturated carbocycles. The van der Waals surface area contributed by atoms with Gasteiger partial charge in [-0.2, -0.15) is 0 Å². The zero-order chi connectivity index (χ0) is 25.8. The van der Waals surface area contributed by atoms with E-state index in [4.69, 9.17) is 26.8 Å². The molecule has 3 aliphatic heterocycles. The van der Waals surface area contributed by atoms with Crippen LogP contribution in [0.15, 0.2) is 36.4 Å². The monoisotopic (exact) mass is 512 g/mol. The predicted octanol–water partition coefficient (Wildman–Crippen LogP) is 1.20. The second-order valence-corrected chi connectivity index (χ2v) is 9.58. The largest absolute Gasteiger partial charge is 0.493 e. The second kappa shape index (κ2) is 8.79. The van der Waals surface area contributed by atoms with Crippen molar-refractivity contribution >= 4 is 40.9 Å². The van der Waals surface area contributed by atoms with Crippen LogP contribution in [0.4, 0.5) is 5.69 Å². The molecule has 3 aliphatic rings. The van der Waals surface area contributed by atoms with Crippen LogP contribution in [0.5, 0.6) is 11.5 Å². The lowest BCUT2D eigenvalue weighted by atomic mass is 9.76. The Balaban J connectivity index is 1.49. The van der Waals surface area contributed by atoms with Crippen LogP contribution >= 0.6 is 11.6 Å². The van der Waals surface area contributed by atoms with Crippen LogP contribution < -0.4 is 25.8 Å². The van der Waals surface area contributed by atoms with Crippen molar-refractivity contribution < 1.29 is 28.7 Å². The van der Waals surface area contributed by atoms with Crippen molar-refractivity contribution in [1.29, 1.82) is 0 Å². The number of hydrogen-bond acceptors (Lipinski definition) is 7. The molecule has 4 amide bonds. The molecule has 0 bridgehead atoms. The van der Waals surface area contributed by atoms with Crippen molar-refractivity contribution in [3.05, 3.63) is 52.5 Å². The number of rotatable bonds is 7. The summed E-state index contributed by atoms with van der Waals surface area (Å²) in [4.78, 5) is 53.7. The number of halogens is 1. The van der Waals surface area contributed by atoms with Crippen LogP contribution in [-0.2, 0) is 31.1 Å². The number of imide groups is 1. The Morgan fingerprint density at radius 3 is 2.53 bits per heavy atom. The standard InChI is InChI=1S/C25H25ClN4O6/c1-35-17-6-3-12(9-18(17)36-2)7-8-30-22(32)20-16(11-19(27)31)29-25(21(20)23(30)33)14-10-13(26)4-5-15(14)28-24(25)34/h3-6,9-10,16,20-21,29H,7-8,11H2,1-2H3,(H2,27,31)(H,28,34)/t16-,20+,21+,25+/m1/s1. The average molecular weight is 513 g/mol. The summed E-state index contributed by atoms with van der Waals surface area (Å²) in [7, 11) is 3.06. The normalized spacial score (nSPS) is 26.2. The quantitative estimate of drug-likeness (QED) is 0.473. The SMILES string of the molecule is COc1ccc(CCN2C(=O)[C@@H]3[C@@H](C2=O)[C@]2(N[C@@H]3CC(N)=O)C(=O)Nc3ccc(Cl)cc32)cc1OC. The summed E-state index contributed by atoms with van der Waals surface area (Å²) >= 11 is 6.23. The lowest BCUT2D eigenvalue weighted by Gasteiger charge is -2.29. The third-order valence-electron chi connectivity index (χ3n) is 7.26. The van der Waals surface area contributed by atoms with Crippen molar-refractivity contribution in [3.8, 4) is 11.5 Å². The molecular weight excluding hydrogens is 488 g/mol. The van der Waals surface area contributed by atoms with Gasteiger partial charge in [-0.1, -0.05) is 17.7 Å². The van der Waals surface area contributed by atoms with E-state index >= 15 is 0 Å². The Labute approximate surface area is 212 Å². The first kappa shape index (κ1) is 24.1. The molecular formula is C25H25ClN4O6. The van der Waals surface area contributed by atoms with E-state index in [2.05, 4.69) is 10.6 Å². The summed E-state index contributed by atoms with van der Waals surface area (Å²) in [6.45, 7) is 0.101. The van der Waals surface area contributed by atoms with Crippen molar-refractivity contribution in [2.24, 2.45) is 17.6 Å². The third-order valence-corrected chi connectivity index (χ3v) is 7.50. The lowest BCUT2D eigenvalue weighted by Crippen LogP contribution is -2.53. The summed E-state index contributed by atoms with van der Waals surface area (Å²) in [5.74, 6) is -2.90. The summed E-state index contributed by atoms with van der Waals surface area (Å²) in [6, 6.07) is 9.46. The predicted molar refractivity (Wildman–Crippen MR) is 129 cm³/mol. The van der Waals surface area contributed by atoms with E-state index in [-0.39, 0.29) is 13.0 Å². The molecule has 0 aliphatic carbocycles. The molecule has 0 unspecified atom stereocenters. The van der Waals surface area contributed by atoms with Gasteiger partial charge in [-0.05, 0) is 42.3 Å². The molecule has 2 aromatic carbocycles. The number of fused-ring (bicyclic) bond motifs is 4. The number of amides is 4. The van der Waals surface area contributed by atoms with Gasteiger partial charge in [0, 0.05) is 35.3 Å². The summed E-state index contributed by atoms with van der Waals surface area (Å²) in [5.41, 5.74) is 5.74. The number of likely N-dealkylation sites (tertiary alicyclic amines) is 1. The van der Waals surface area contributed by atoms with Crippen LogP contribution in [0.3, 0.4) is 0 Å². The number of nitrogens with zero attached hydrogens (tertiary/aromatic N) is 1. The fraction of sp³-hybridized carbons (Fsp3) is 0.360. The van der Waals surface area contributed by atoms with Gasteiger partial charge in [-0.25, -0.2) is 0 Å². The average Bonchev–Trinajstić information content (AvgIpc) is 3.41. The van der Waals surface area contributed by atoms with E-state index in [1.807, 2.05) is 6.07 Å². The molecule has 36 heavy (non-hydrogen) atoms. The van der Waals surface area contributed by atoms with E-state index in [0.717, 1.165) is 5.56 Å². The Kier molecular flexibility index (Phi) is 5.88. The van der Waals surface area contributed by atoms with Crippen molar-refractivity contribution in [3.63, 3.8) is 0 Å². The summed E-state index contributed by atoms with van der Waals surface area (Å²) in [5, 5.41) is 6.32. The number of nitrogens with two attached hydrogens (primary N) is 1. The van der Waals surface area contributed by atoms with Gasteiger partial charge in [-0.15, -0.1) is 0 Å². The second-order valence-electron chi connectivity index (χ2n) is 9.14. The smallest absolute Gasteiger partial charge is 0.250 e. The Hall–Kier alpha value is -3.63. The molecule has 5 rings (SSSR count). The van der Waals surface area contributed by atoms with Gasteiger partial charge >= 0.3 is 0 Å². The van der Waals surface area contributed by atoms with Gasteiger partial charge in [0.05, 0.1) is 26.1 Å². The number of benzene rings is 2. The van der Waals surface area contributed by atoms with Gasteiger partial charge in [0.25, 0.3) is 0 Å². The summed E-state index contributed by atoms with van der Waals surface area (Å²) < 4.78 is 10.6. The highest BCUT2D eigenvalue weighted by atomic mass is 35.5. The zero-order valence-corrected chi connectivity index (χ0v) is 20.4. The van der Waals surface area contributed by atoms with Gasteiger partial charge in [0.1, 0.15) is 5.54 Å². The first-order valence-electron chi connectivity index (χ1n) is 11.4. The maximum absolute atomic E-state index is 13.8. The molecule has 0 radical (unpaired) electrons. The minimum atomic E-state index is -1.53. The number of anilines is 1. The highest BCUT2D eigenvalue weighted by molar-refractivity contribution is 6.31. The van der Waals surface area contributed by atoms with E-state index < -0.39 is 47.0 Å². The maximum Gasteiger partial charge on any atom is 0.250 e. The Morgan fingerprint density at radius 1 is 1.08 bits per heavy atom. The third kappa shape index (κ3) is 3.51. The minimum absolute atomic E-state index is 0.101. The number of nitrogens with one attached hydrogen (secondary N) is 2. The number of carbonyl (C=O) groups is 4. The van der Waals surface area contributed by atoms with Gasteiger partial charge in [0.15, 0.2) is 11.5 Å². The topological polar surface area (TPSA) is 140 Å². The maximum atomic E-state index is 13.8. The van der Waals surface area contributed by atoms with Crippen LogP contribution in [0.1, 0.15) is 17.5 Å². The van der Waals surface area contributed by atoms with Gasteiger partial charge < -0.3 is 20.5 Å². The fourth-order valence-corrected chi connectivity index (χ4v) is 5.89. The van der Waals surface area contributed by atoms with Crippen LogP contribution in [0.2, 0.25) is 5.02 Å². The van der Waals surface area contributed by atoms with Crippen LogP contribution in [-0.4, -0.2) is 55.3 Å². The van der Waals surface area contributed by atoms with Crippen molar-refractivity contribution in [2.45, 2.75) is 24.4 Å². The van der Waals surface area contributed by atoms with Gasteiger partial charge in [-0.3, -0.25) is 29.4 Å². The van der Waals surface area contributed by atoms with Crippen molar-refractivity contribution in [2.75, 3.05) is 26.1 Å². The first-order chi connectivity index (χ1) is 17.2. The van der Waals surface area contributed by atoms with E-state index in [0.29, 0.717) is 34.2 Å². The van der Waals surface area contributed by atoms with Crippen LogP contribution in [0, 0.1) is 11.8 Å². The lowest BCUT2D eigenvalue weighted by molar-refractivity contribution is -0.142. The van der Waals surface area contributed by atoms with E-state index in [1.165, 1.54) is 19.1 Å². The zero-order valence-electron chi connectivity index (χ0n) is 19.7. The number of ether oxygens (including phenoxy) is 2. The Morgan fingerprint density at radius 2 is 1.83 bits per heavy atom. The molecule has 2 aromatic rings. The molecule has 1 spiro atoms. The number of carbonyl (C=O) groups excluding carboxylic acids is 4. The molecule has 2 saturated heterocycles. The molecule has 188 valence electrons. The molecule has 4 N–H and O–H groups in total. The molecule has 4 atom stereocenters.